The molecule has 1 aromatic rings. The number of carbonyl (C=O) groups excluding carboxylic acids is 2. The Morgan fingerprint density at radius 3 is 2.25 bits per heavy atom. The summed E-state index contributed by atoms with van der Waals surface area (Å²) in [4.78, 5) is 23.4. The van der Waals surface area contributed by atoms with Crippen LogP contribution in [0.4, 0.5) is 4.79 Å². The second kappa shape index (κ2) is 6.38. The van der Waals surface area contributed by atoms with Crippen molar-refractivity contribution in [3.05, 3.63) is 35.9 Å². The molecule has 0 aliphatic heterocycles. The molecule has 0 aromatic heterocycles. The van der Waals surface area contributed by atoms with Gasteiger partial charge in [-0.1, -0.05) is 30.3 Å². The molecule has 1 rings (SSSR count). The van der Waals surface area contributed by atoms with E-state index in [-0.39, 0.29) is 0 Å². The normalized spacial score (nSPS) is 14.2. The molecule has 0 spiro atoms. The van der Waals surface area contributed by atoms with Crippen LogP contribution in [0.25, 0.3) is 0 Å². The van der Waals surface area contributed by atoms with Crippen molar-refractivity contribution < 1.29 is 14.7 Å². The van der Waals surface area contributed by atoms with Gasteiger partial charge in [0.15, 0.2) is 0 Å². The third kappa shape index (κ3) is 4.24. The first-order valence-corrected chi connectivity index (χ1v) is 6.35. The molecule has 5 N–H and O–H groups in total. The lowest BCUT2D eigenvalue weighted by molar-refractivity contribution is -0.126. The van der Waals surface area contributed by atoms with Crippen LogP contribution in [0.2, 0.25) is 0 Å². The van der Waals surface area contributed by atoms with Gasteiger partial charge in [-0.15, -0.1) is 0 Å². The second-order valence-corrected chi connectivity index (χ2v) is 5.24. The van der Waals surface area contributed by atoms with E-state index in [9.17, 15) is 14.7 Å². The van der Waals surface area contributed by atoms with Gasteiger partial charge in [0.05, 0.1) is 11.6 Å². The number of aliphatic hydroxyl groups is 1. The quantitative estimate of drug-likeness (QED) is 0.636. The van der Waals surface area contributed by atoms with E-state index in [1.54, 1.807) is 45.0 Å². The van der Waals surface area contributed by atoms with Crippen LogP contribution in [0.15, 0.2) is 30.3 Å². The average molecular weight is 279 g/mol. The molecule has 0 heterocycles. The van der Waals surface area contributed by atoms with Gasteiger partial charge in [-0.25, -0.2) is 4.79 Å². The lowest BCUT2D eigenvalue weighted by Gasteiger charge is -2.31. The second-order valence-electron chi connectivity index (χ2n) is 5.24. The summed E-state index contributed by atoms with van der Waals surface area (Å²) in [5, 5.41) is 14.7. The highest BCUT2D eigenvalue weighted by atomic mass is 16.3. The standard InChI is InChI=1S/C14H21N3O3/c1-9(18)14(2,3)17-12(19)11(16-13(15)20)10-7-5-4-6-8-10/h4-9,11,18H,1-3H3,(H,17,19)(H3,15,16,20). The molecule has 0 aliphatic carbocycles. The minimum atomic E-state index is -0.897. The van der Waals surface area contributed by atoms with Crippen molar-refractivity contribution in [1.29, 1.82) is 0 Å². The summed E-state index contributed by atoms with van der Waals surface area (Å²) in [6.45, 7) is 4.98. The molecule has 6 nitrogen and oxygen atoms in total. The summed E-state index contributed by atoms with van der Waals surface area (Å²) in [5.74, 6) is -0.430. The first-order valence-electron chi connectivity index (χ1n) is 6.35. The molecule has 3 amide bonds. The van der Waals surface area contributed by atoms with Gasteiger partial charge >= 0.3 is 6.03 Å². The van der Waals surface area contributed by atoms with Crippen molar-refractivity contribution in [2.24, 2.45) is 5.73 Å². The maximum atomic E-state index is 12.3. The molecule has 1 aromatic carbocycles. The fourth-order valence-electron chi connectivity index (χ4n) is 1.58. The Bertz CT molecular complexity index is 472. The largest absolute Gasteiger partial charge is 0.391 e. The number of benzene rings is 1. The predicted molar refractivity (Wildman–Crippen MR) is 75.8 cm³/mol. The molecule has 0 fully saturated rings. The minimum absolute atomic E-state index is 0.430. The van der Waals surface area contributed by atoms with Gasteiger partial charge in [-0.05, 0) is 26.3 Å². The van der Waals surface area contributed by atoms with Crippen LogP contribution in [0.5, 0.6) is 0 Å². The number of carbonyl (C=O) groups is 2. The van der Waals surface area contributed by atoms with Crippen molar-refractivity contribution in [1.82, 2.24) is 10.6 Å². The Balaban J connectivity index is 2.95. The van der Waals surface area contributed by atoms with Gasteiger partial charge < -0.3 is 21.5 Å². The third-order valence-corrected chi connectivity index (χ3v) is 3.17. The van der Waals surface area contributed by atoms with Gasteiger partial charge in [0.1, 0.15) is 6.04 Å². The van der Waals surface area contributed by atoms with Gasteiger partial charge in [0, 0.05) is 0 Å². The zero-order valence-electron chi connectivity index (χ0n) is 11.9. The number of nitrogens with one attached hydrogen (secondary N) is 2. The molecular formula is C14H21N3O3. The zero-order valence-corrected chi connectivity index (χ0v) is 11.9. The van der Waals surface area contributed by atoms with E-state index in [0.29, 0.717) is 5.56 Å². The molecule has 0 saturated carbocycles. The Kier molecular flexibility index (Phi) is 5.10. The monoisotopic (exact) mass is 279 g/mol. The maximum Gasteiger partial charge on any atom is 0.313 e. The molecule has 0 radical (unpaired) electrons. The predicted octanol–water partition coefficient (Wildman–Crippen LogP) is 0.672. The average Bonchev–Trinajstić information content (AvgIpc) is 2.36. The van der Waals surface area contributed by atoms with Crippen LogP contribution >= 0.6 is 0 Å². The first-order chi connectivity index (χ1) is 9.24. The highest BCUT2D eigenvalue weighted by Crippen LogP contribution is 2.16. The number of urea groups is 1. The Hall–Kier alpha value is -2.08. The smallest absolute Gasteiger partial charge is 0.313 e. The fraction of sp³-hybridized carbons (Fsp3) is 0.429. The van der Waals surface area contributed by atoms with Crippen molar-refractivity contribution in [2.75, 3.05) is 0 Å². The zero-order chi connectivity index (χ0) is 15.3. The molecular weight excluding hydrogens is 258 g/mol. The molecule has 0 saturated heterocycles. The van der Waals surface area contributed by atoms with Gasteiger partial charge in [0.25, 0.3) is 0 Å². The lowest BCUT2D eigenvalue weighted by Crippen LogP contribution is -2.54. The molecule has 6 heteroatoms. The molecule has 0 bridgehead atoms. The summed E-state index contributed by atoms with van der Waals surface area (Å²) < 4.78 is 0. The van der Waals surface area contributed by atoms with Crippen LogP contribution in [0.1, 0.15) is 32.4 Å². The number of aliphatic hydroxyl groups excluding tert-OH is 1. The van der Waals surface area contributed by atoms with E-state index in [1.807, 2.05) is 6.07 Å². The van der Waals surface area contributed by atoms with E-state index >= 15 is 0 Å². The van der Waals surface area contributed by atoms with Crippen molar-refractivity contribution in [3.63, 3.8) is 0 Å². The fourth-order valence-corrected chi connectivity index (χ4v) is 1.58. The lowest BCUT2D eigenvalue weighted by atomic mass is 9.97. The molecule has 2 atom stereocenters. The number of hydrogen-bond acceptors (Lipinski definition) is 3. The van der Waals surface area contributed by atoms with Crippen LogP contribution in [0, 0.1) is 0 Å². The highest BCUT2D eigenvalue weighted by Gasteiger charge is 2.30. The Labute approximate surface area is 118 Å². The summed E-state index contributed by atoms with van der Waals surface area (Å²) in [7, 11) is 0. The topological polar surface area (TPSA) is 104 Å². The third-order valence-electron chi connectivity index (χ3n) is 3.17. The molecule has 20 heavy (non-hydrogen) atoms. The van der Waals surface area contributed by atoms with Crippen molar-refractivity contribution in [3.8, 4) is 0 Å². The molecule has 110 valence electrons. The van der Waals surface area contributed by atoms with Crippen LogP contribution in [-0.2, 0) is 4.79 Å². The van der Waals surface area contributed by atoms with Gasteiger partial charge in [0.2, 0.25) is 5.91 Å². The van der Waals surface area contributed by atoms with E-state index in [4.69, 9.17) is 5.73 Å². The van der Waals surface area contributed by atoms with E-state index in [1.165, 1.54) is 0 Å². The van der Waals surface area contributed by atoms with Crippen LogP contribution < -0.4 is 16.4 Å². The number of hydrogen-bond donors (Lipinski definition) is 4. The number of amides is 3. The van der Waals surface area contributed by atoms with E-state index in [2.05, 4.69) is 10.6 Å². The highest BCUT2D eigenvalue weighted by molar-refractivity contribution is 5.88. The molecule has 0 aliphatic rings. The van der Waals surface area contributed by atoms with Crippen molar-refractivity contribution in [2.45, 2.75) is 38.5 Å². The number of rotatable bonds is 5. The van der Waals surface area contributed by atoms with E-state index < -0.39 is 29.6 Å². The summed E-state index contributed by atoms with van der Waals surface area (Å²) in [5.41, 5.74) is 4.91. The van der Waals surface area contributed by atoms with Gasteiger partial charge in [-0.3, -0.25) is 4.79 Å². The summed E-state index contributed by atoms with van der Waals surface area (Å²) >= 11 is 0. The van der Waals surface area contributed by atoms with Crippen LogP contribution in [0.3, 0.4) is 0 Å². The minimum Gasteiger partial charge on any atom is -0.391 e. The summed E-state index contributed by atoms with van der Waals surface area (Å²) in [6, 6.07) is 7.08. The maximum absolute atomic E-state index is 12.3. The SMILES string of the molecule is CC(O)C(C)(C)NC(=O)C(NC(N)=O)c1ccccc1. The number of primary amides is 1. The van der Waals surface area contributed by atoms with E-state index in [0.717, 1.165) is 0 Å². The van der Waals surface area contributed by atoms with Gasteiger partial charge in [-0.2, -0.15) is 0 Å². The van der Waals surface area contributed by atoms with Crippen LogP contribution in [-0.4, -0.2) is 28.7 Å². The summed E-state index contributed by atoms with van der Waals surface area (Å²) in [6.07, 6.45) is -0.739. The molecule has 2 unspecified atom stereocenters. The Morgan fingerprint density at radius 2 is 1.80 bits per heavy atom. The Morgan fingerprint density at radius 1 is 1.25 bits per heavy atom. The number of nitrogens with two attached hydrogens (primary N) is 1. The first kappa shape index (κ1) is 16.0. The van der Waals surface area contributed by atoms with Crippen molar-refractivity contribution >= 4 is 11.9 Å².